The number of benzene rings is 4. The van der Waals surface area contributed by atoms with Crippen LogP contribution in [0.25, 0.3) is 22.1 Å². The smallest absolute Gasteiger partial charge is 0.378 e. The number of rotatable bonds is 12. The first-order valence-electron chi connectivity index (χ1n) is 26.0. The van der Waals surface area contributed by atoms with Gasteiger partial charge >= 0.3 is 12.4 Å². The Kier molecular flexibility index (Phi) is 17.8. The van der Waals surface area contributed by atoms with Gasteiger partial charge in [-0.05, 0) is 62.4 Å². The number of carbonyl (C=O) groups is 2. The van der Waals surface area contributed by atoms with Crippen LogP contribution in [0, 0.1) is 23.3 Å². The van der Waals surface area contributed by atoms with Crippen LogP contribution in [-0.2, 0) is 9.47 Å². The van der Waals surface area contributed by atoms with Gasteiger partial charge in [0, 0.05) is 124 Å². The molecule has 4 aliphatic heterocycles. The van der Waals surface area contributed by atoms with Crippen molar-refractivity contribution in [3.05, 3.63) is 119 Å². The summed E-state index contributed by atoms with van der Waals surface area (Å²) in [5, 5.41) is 6.17. The number of hydrogen-bond acceptors (Lipinski definition) is 14. The lowest BCUT2D eigenvalue weighted by molar-refractivity contribution is -0.149. The number of piperazine rings is 2. The highest BCUT2D eigenvalue weighted by Crippen LogP contribution is 2.33. The summed E-state index contributed by atoms with van der Waals surface area (Å²) in [7, 11) is 0. The first-order valence-corrected chi connectivity index (χ1v) is 26.0. The van der Waals surface area contributed by atoms with Crippen LogP contribution in [0.2, 0.25) is 0 Å². The van der Waals surface area contributed by atoms with Crippen molar-refractivity contribution in [3.8, 4) is 0 Å². The van der Waals surface area contributed by atoms with E-state index in [1.54, 1.807) is 50.5 Å². The number of ether oxygens (including phenoxy) is 2. The molecule has 2 N–H and O–H groups in total. The number of fused-ring (bicyclic) bond motifs is 2. The third-order valence-electron chi connectivity index (χ3n) is 14.0. The first kappa shape index (κ1) is 57.5. The number of hydrogen-bond donors (Lipinski definition) is 2. The number of aromatic nitrogens is 4. The SMILES string of the molecule is CC(Nc1cc(F)cc(F)c1)c1cc(C(=O)N2CCN(CC(F)(F)F)CC2)cc2ncc(N3CCOCC3)nc12.CC(Nc1cc(F)cc(F)c1)c1cc(C(=O)N2CCN(CC(F)(F)F)CC2)cc2ncc(N3CCOCC3)nc12. The molecule has 6 aromatic rings. The molecule has 4 aliphatic rings. The van der Waals surface area contributed by atoms with E-state index in [1.165, 1.54) is 43.9 Å². The largest absolute Gasteiger partial charge is 0.401 e. The molecule has 2 atom stereocenters. The summed E-state index contributed by atoms with van der Waals surface area (Å²) in [5.41, 5.74) is 4.16. The standard InChI is InChI=1S/2C27H29F5N6O2/c2*1-17(34-21-13-19(28)12-20(29)14-21)22-10-18(26(39)38-4-2-36(3-5-38)16-27(30,31)32)11-23-25(22)35-24(15-33-23)37-6-8-40-9-7-37/h2*10-15,17,34H,2-9,16H2,1H3. The molecule has 2 unspecified atom stereocenters. The molecule has 2 amide bonds. The fourth-order valence-electron chi connectivity index (χ4n) is 10.1. The minimum Gasteiger partial charge on any atom is -0.378 e. The van der Waals surface area contributed by atoms with Crippen molar-refractivity contribution in [1.82, 2.24) is 39.5 Å². The molecule has 0 radical (unpaired) electrons. The molecule has 2 aromatic heterocycles. The normalized spacial score (nSPS) is 17.8. The highest BCUT2D eigenvalue weighted by molar-refractivity contribution is 5.99. The first-order chi connectivity index (χ1) is 38.1. The molecule has 16 nitrogen and oxygen atoms in total. The third-order valence-corrected chi connectivity index (χ3v) is 14.0. The summed E-state index contributed by atoms with van der Waals surface area (Å²) >= 11 is 0. The van der Waals surface area contributed by atoms with Crippen LogP contribution in [0.3, 0.4) is 0 Å². The Balaban J connectivity index is 0.000000194. The van der Waals surface area contributed by atoms with Gasteiger partial charge in [0.1, 0.15) is 34.9 Å². The molecule has 10 rings (SSSR count). The molecule has 4 aromatic carbocycles. The Morgan fingerprint density at radius 3 is 1.16 bits per heavy atom. The summed E-state index contributed by atoms with van der Waals surface area (Å²) in [6.07, 6.45) is -5.35. The van der Waals surface area contributed by atoms with Crippen molar-refractivity contribution in [3.63, 3.8) is 0 Å². The van der Waals surface area contributed by atoms with Crippen molar-refractivity contribution in [2.75, 3.05) is 138 Å². The Morgan fingerprint density at radius 1 is 0.500 bits per heavy atom. The zero-order valence-corrected chi connectivity index (χ0v) is 43.7. The lowest BCUT2D eigenvalue weighted by Crippen LogP contribution is -2.50. The summed E-state index contributed by atoms with van der Waals surface area (Å²) in [5.74, 6) is -2.33. The Morgan fingerprint density at radius 2 is 0.838 bits per heavy atom. The Labute approximate surface area is 453 Å². The second-order valence-corrected chi connectivity index (χ2v) is 19.9. The van der Waals surface area contributed by atoms with Crippen LogP contribution >= 0.6 is 0 Å². The van der Waals surface area contributed by atoms with Gasteiger partial charge < -0.3 is 39.7 Å². The van der Waals surface area contributed by atoms with Crippen molar-refractivity contribution < 1.29 is 63.0 Å². The summed E-state index contributed by atoms with van der Waals surface area (Å²) < 4.78 is 143. The number of amides is 2. The monoisotopic (exact) mass is 1130 g/mol. The van der Waals surface area contributed by atoms with Gasteiger partial charge in [0.15, 0.2) is 0 Å². The van der Waals surface area contributed by atoms with E-state index >= 15 is 0 Å². The molecular formula is C54H58F10N12O4. The van der Waals surface area contributed by atoms with E-state index < -0.39 is 60.8 Å². The average Bonchev–Trinajstić information content (AvgIpc) is 3.48. The number of morpholine rings is 2. The number of nitrogens with zero attached hydrogens (tertiary/aromatic N) is 10. The zero-order valence-electron chi connectivity index (χ0n) is 43.7. The maximum Gasteiger partial charge on any atom is 0.401 e. The van der Waals surface area contributed by atoms with Crippen LogP contribution in [0.4, 0.5) is 66.9 Å². The van der Waals surface area contributed by atoms with Gasteiger partial charge in [-0.15, -0.1) is 0 Å². The molecule has 4 saturated heterocycles. The Hall–Kier alpha value is -7.16. The summed E-state index contributed by atoms with van der Waals surface area (Å²) in [6.45, 7) is 7.37. The lowest BCUT2D eigenvalue weighted by Gasteiger charge is -2.35. The van der Waals surface area contributed by atoms with E-state index in [1.807, 2.05) is 9.80 Å². The van der Waals surface area contributed by atoms with E-state index in [0.29, 0.717) is 109 Å². The van der Waals surface area contributed by atoms with Gasteiger partial charge in [0.2, 0.25) is 0 Å². The van der Waals surface area contributed by atoms with Crippen LogP contribution in [-0.4, -0.2) is 182 Å². The van der Waals surface area contributed by atoms with Crippen LogP contribution in [0.15, 0.2) is 73.1 Å². The van der Waals surface area contributed by atoms with Crippen LogP contribution < -0.4 is 20.4 Å². The van der Waals surface area contributed by atoms with E-state index in [0.717, 1.165) is 12.1 Å². The zero-order chi connectivity index (χ0) is 56.9. The molecule has 4 fully saturated rings. The summed E-state index contributed by atoms with van der Waals surface area (Å²) in [6, 6.07) is 11.7. The van der Waals surface area contributed by atoms with Crippen molar-refractivity contribution in [1.29, 1.82) is 0 Å². The number of alkyl halides is 6. The fraction of sp³-hybridized carbons (Fsp3) is 0.444. The molecule has 0 aliphatic carbocycles. The molecule has 26 heteroatoms. The minimum absolute atomic E-state index is 0.109. The van der Waals surface area contributed by atoms with E-state index in [9.17, 15) is 53.5 Å². The van der Waals surface area contributed by atoms with Gasteiger partial charge in [0.05, 0.1) is 86.1 Å². The average molecular weight is 1130 g/mol. The predicted molar refractivity (Wildman–Crippen MR) is 279 cm³/mol. The molecular weight excluding hydrogens is 1070 g/mol. The highest BCUT2D eigenvalue weighted by Gasteiger charge is 2.35. The number of carbonyl (C=O) groups excluding carboxylic acids is 2. The third kappa shape index (κ3) is 14.8. The Bertz CT molecular complexity index is 2920. The minimum atomic E-state index is -4.30. The number of anilines is 4. The molecule has 6 heterocycles. The maximum atomic E-state index is 13.9. The van der Waals surface area contributed by atoms with Gasteiger partial charge in [-0.1, -0.05) is 0 Å². The quantitative estimate of drug-likeness (QED) is 0.113. The molecule has 0 saturated carbocycles. The molecule has 428 valence electrons. The maximum absolute atomic E-state index is 13.9. The van der Waals surface area contributed by atoms with Crippen LogP contribution in [0.1, 0.15) is 57.8 Å². The highest BCUT2D eigenvalue weighted by atomic mass is 19.4. The molecule has 80 heavy (non-hydrogen) atoms. The second-order valence-electron chi connectivity index (χ2n) is 19.9. The van der Waals surface area contributed by atoms with Crippen LogP contribution in [0.5, 0.6) is 0 Å². The molecule has 0 spiro atoms. The van der Waals surface area contributed by atoms with Gasteiger partial charge in [-0.3, -0.25) is 29.4 Å². The fourth-order valence-corrected chi connectivity index (χ4v) is 10.1. The van der Waals surface area contributed by atoms with E-state index in [4.69, 9.17) is 19.4 Å². The van der Waals surface area contributed by atoms with Gasteiger partial charge in [0.25, 0.3) is 11.8 Å². The number of nitrogens with one attached hydrogen (secondary N) is 2. The number of halogens is 10. The van der Waals surface area contributed by atoms with E-state index in [-0.39, 0.29) is 75.5 Å². The van der Waals surface area contributed by atoms with Crippen molar-refractivity contribution >= 4 is 56.9 Å². The topological polar surface area (TPSA) is 148 Å². The van der Waals surface area contributed by atoms with E-state index in [2.05, 4.69) is 20.6 Å². The van der Waals surface area contributed by atoms with Crippen molar-refractivity contribution in [2.24, 2.45) is 0 Å². The lowest BCUT2D eigenvalue weighted by atomic mass is 10.0. The molecule has 0 bridgehead atoms. The van der Waals surface area contributed by atoms with Crippen molar-refractivity contribution in [2.45, 2.75) is 38.3 Å². The predicted octanol–water partition coefficient (Wildman–Crippen LogP) is 8.48. The second kappa shape index (κ2) is 24.7. The van der Waals surface area contributed by atoms with Gasteiger partial charge in [-0.2, -0.15) is 26.3 Å². The van der Waals surface area contributed by atoms with Gasteiger partial charge in [-0.25, -0.2) is 27.5 Å². The summed E-state index contributed by atoms with van der Waals surface area (Å²) in [4.78, 5) is 55.4.